The van der Waals surface area contributed by atoms with Crippen molar-refractivity contribution in [1.29, 1.82) is 0 Å². The Kier molecular flexibility index (Phi) is 4.44. The van der Waals surface area contributed by atoms with Crippen LogP contribution in [0.5, 0.6) is 5.75 Å². The number of fused-ring (bicyclic) bond motifs is 1. The van der Waals surface area contributed by atoms with Crippen LogP contribution in [0.4, 0.5) is 11.4 Å². The van der Waals surface area contributed by atoms with Crippen LogP contribution in [0, 0.1) is 10.1 Å². The number of nitro groups is 1. The van der Waals surface area contributed by atoms with Crippen molar-refractivity contribution in [3.05, 3.63) is 28.3 Å². The van der Waals surface area contributed by atoms with Gasteiger partial charge in [0.1, 0.15) is 5.75 Å². The lowest BCUT2D eigenvalue weighted by Crippen LogP contribution is -2.55. The second kappa shape index (κ2) is 6.15. The first-order valence-corrected chi connectivity index (χ1v) is 7.07. The van der Waals surface area contributed by atoms with Crippen LogP contribution < -0.4 is 9.64 Å². The summed E-state index contributed by atoms with van der Waals surface area (Å²) in [6.07, 6.45) is -0.501. The lowest BCUT2D eigenvalue weighted by Gasteiger charge is -2.36. The van der Waals surface area contributed by atoms with Gasteiger partial charge in [0.25, 0.3) is 11.6 Å². The second-order valence-corrected chi connectivity index (χ2v) is 5.26. The molecule has 0 spiro atoms. The number of Topliss-reactive ketones (excluding diaryl/α,β-unsaturated/α-hetero) is 2. The molecule has 0 bridgehead atoms. The second-order valence-electron chi connectivity index (χ2n) is 5.26. The molecule has 0 N–H and O–H groups in total. The first kappa shape index (κ1) is 16.6. The smallest absolute Gasteiger partial charge is 0.271 e. The summed E-state index contributed by atoms with van der Waals surface area (Å²) in [4.78, 5) is 47.7. The van der Waals surface area contributed by atoms with Crippen molar-refractivity contribution in [2.45, 2.75) is 39.3 Å². The Labute approximate surface area is 132 Å². The molecule has 1 atom stereocenters. The van der Waals surface area contributed by atoms with Crippen LogP contribution in [-0.4, -0.2) is 34.5 Å². The average Bonchev–Trinajstić information content (AvgIpc) is 2.48. The lowest BCUT2D eigenvalue weighted by atomic mass is 10.0. The van der Waals surface area contributed by atoms with E-state index in [2.05, 4.69) is 0 Å². The molecule has 1 heterocycles. The van der Waals surface area contributed by atoms with Gasteiger partial charge < -0.3 is 4.74 Å². The molecule has 1 unspecified atom stereocenters. The molecule has 1 aliphatic heterocycles. The topological polar surface area (TPSA) is 107 Å². The van der Waals surface area contributed by atoms with E-state index in [1.165, 1.54) is 26.0 Å². The largest absolute Gasteiger partial charge is 0.478 e. The molecule has 23 heavy (non-hydrogen) atoms. The van der Waals surface area contributed by atoms with Crippen molar-refractivity contribution < 1.29 is 24.0 Å². The summed E-state index contributed by atoms with van der Waals surface area (Å²) in [6.45, 7) is 4.13. The van der Waals surface area contributed by atoms with Crippen molar-refractivity contribution in [3.63, 3.8) is 0 Å². The van der Waals surface area contributed by atoms with Gasteiger partial charge in [0.15, 0.2) is 23.7 Å². The fourth-order valence-electron chi connectivity index (χ4n) is 2.56. The number of anilines is 1. The first-order chi connectivity index (χ1) is 10.8. The molecule has 2 rings (SSSR count). The third-order valence-electron chi connectivity index (χ3n) is 3.59. The Morgan fingerprint density at radius 1 is 1.35 bits per heavy atom. The minimum atomic E-state index is -1.32. The monoisotopic (exact) mass is 320 g/mol. The summed E-state index contributed by atoms with van der Waals surface area (Å²) in [5, 5.41) is 11.0. The van der Waals surface area contributed by atoms with Gasteiger partial charge in [0.2, 0.25) is 0 Å². The Bertz CT molecular complexity index is 685. The van der Waals surface area contributed by atoms with Gasteiger partial charge in [-0.25, -0.2) is 0 Å². The predicted molar refractivity (Wildman–Crippen MR) is 80.4 cm³/mol. The Morgan fingerprint density at radius 2 is 1.96 bits per heavy atom. The normalized spacial score (nSPS) is 16.8. The number of ketones is 2. The number of non-ortho nitro benzene ring substituents is 1. The molecule has 0 fully saturated rings. The summed E-state index contributed by atoms with van der Waals surface area (Å²) in [5.41, 5.74) is -0.199. The summed E-state index contributed by atoms with van der Waals surface area (Å²) < 4.78 is 5.53. The van der Waals surface area contributed by atoms with Crippen LogP contribution in [0.15, 0.2) is 18.2 Å². The van der Waals surface area contributed by atoms with E-state index >= 15 is 0 Å². The van der Waals surface area contributed by atoms with Crippen molar-refractivity contribution in [2.24, 2.45) is 0 Å². The number of nitrogens with zero attached hydrogens (tertiary/aromatic N) is 2. The molecule has 0 radical (unpaired) electrons. The molecule has 8 nitrogen and oxygen atoms in total. The molecule has 0 aliphatic carbocycles. The molecule has 0 saturated carbocycles. The molecular weight excluding hydrogens is 304 g/mol. The third-order valence-corrected chi connectivity index (χ3v) is 3.59. The van der Waals surface area contributed by atoms with Gasteiger partial charge in [0.05, 0.1) is 10.6 Å². The van der Waals surface area contributed by atoms with Gasteiger partial charge in [-0.05, 0) is 26.3 Å². The maximum atomic E-state index is 12.6. The van der Waals surface area contributed by atoms with Gasteiger partial charge in [0, 0.05) is 12.1 Å². The summed E-state index contributed by atoms with van der Waals surface area (Å²) in [5.74, 6) is -1.36. The van der Waals surface area contributed by atoms with Gasteiger partial charge in [-0.3, -0.25) is 29.4 Å². The quantitative estimate of drug-likeness (QED) is 0.464. The van der Waals surface area contributed by atoms with Crippen molar-refractivity contribution in [1.82, 2.24) is 0 Å². The highest BCUT2D eigenvalue weighted by atomic mass is 16.6. The fourth-order valence-corrected chi connectivity index (χ4v) is 2.56. The number of ether oxygens (including phenoxy) is 1. The van der Waals surface area contributed by atoms with Crippen LogP contribution >= 0.6 is 0 Å². The number of nitro benzene ring substituents is 1. The van der Waals surface area contributed by atoms with Crippen molar-refractivity contribution in [3.8, 4) is 5.75 Å². The van der Waals surface area contributed by atoms with Gasteiger partial charge in [-0.15, -0.1) is 0 Å². The van der Waals surface area contributed by atoms with Crippen LogP contribution in [-0.2, 0) is 14.4 Å². The summed E-state index contributed by atoms with van der Waals surface area (Å²) >= 11 is 0. The van der Waals surface area contributed by atoms with Gasteiger partial charge in [-0.2, -0.15) is 0 Å². The SMILES string of the molecule is CCC1Oc2ccc([N+](=O)[O-])cc2N(C(C(C)=O)C(C)=O)C1=O. The highest BCUT2D eigenvalue weighted by Gasteiger charge is 2.41. The number of rotatable bonds is 5. The van der Waals surface area contributed by atoms with E-state index in [4.69, 9.17) is 4.74 Å². The van der Waals surface area contributed by atoms with Gasteiger partial charge in [-0.1, -0.05) is 6.92 Å². The molecule has 1 aliphatic rings. The van der Waals surface area contributed by atoms with E-state index < -0.39 is 34.5 Å². The Hall–Kier alpha value is -2.77. The molecule has 0 saturated heterocycles. The predicted octanol–water partition coefficient (Wildman–Crippen LogP) is 1.65. The number of amides is 1. The average molecular weight is 320 g/mol. The highest BCUT2D eigenvalue weighted by Crippen LogP contribution is 2.38. The molecule has 8 heteroatoms. The zero-order chi connectivity index (χ0) is 17.3. The standard InChI is InChI=1S/C15H16N2O6/c1-4-12-15(20)16(14(8(2)18)9(3)19)11-7-10(17(21)22)5-6-13(11)23-12/h5-7,12,14H,4H2,1-3H3. The highest BCUT2D eigenvalue weighted by molar-refractivity contribution is 6.15. The zero-order valence-corrected chi connectivity index (χ0v) is 12.9. The molecular formula is C15H16N2O6. The molecule has 1 amide bonds. The minimum absolute atomic E-state index is 0.0595. The third kappa shape index (κ3) is 2.92. The maximum Gasteiger partial charge on any atom is 0.271 e. The van der Waals surface area contributed by atoms with E-state index in [0.717, 1.165) is 11.0 Å². The van der Waals surface area contributed by atoms with E-state index in [-0.39, 0.29) is 17.1 Å². The minimum Gasteiger partial charge on any atom is -0.478 e. The maximum absolute atomic E-state index is 12.6. The van der Waals surface area contributed by atoms with E-state index in [9.17, 15) is 24.5 Å². The number of hydrogen-bond donors (Lipinski definition) is 0. The number of carbonyl (C=O) groups excluding carboxylic acids is 3. The van der Waals surface area contributed by atoms with Crippen molar-refractivity contribution >= 4 is 28.8 Å². The molecule has 122 valence electrons. The van der Waals surface area contributed by atoms with Gasteiger partial charge >= 0.3 is 0 Å². The van der Waals surface area contributed by atoms with Crippen LogP contribution in [0.25, 0.3) is 0 Å². The van der Waals surface area contributed by atoms with Crippen molar-refractivity contribution in [2.75, 3.05) is 4.90 Å². The number of benzene rings is 1. The Balaban J connectivity index is 2.65. The van der Waals surface area contributed by atoms with Crippen LogP contribution in [0.3, 0.4) is 0 Å². The number of carbonyl (C=O) groups is 3. The molecule has 0 aromatic heterocycles. The van der Waals surface area contributed by atoms with Crippen LogP contribution in [0.1, 0.15) is 27.2 Å². The zero-order valence-electron chi connectivity index (χ0n) is 12.9. The molecule has 1 aromatic rings. The first-order valence-electron chi connectivity index (χ1n) is 7.07. The van der Waals surface area contributed by atoms with E-state index in [1.54, 1.807) is 6.92 Å². The van der Waals surface area contributed by atoms with Crippen LogP contribution in [0.2, 0.25) is 0 Å². The Morgan fingerprint density at radius 3 is 2.43 bits per heavy atom. The lowest BCUT2D eigenvalue weighted by molar-refractivity contribution is -0.384. The summed E-state index contributed by atoms with van der Waals surface area (Å²) in [6, 6.07) is 2.43. The van der Waals surface area contributed by atoms with E-state index in [1.807, 2.05) is 0 Å². The summed E-state index contributed by atoms with van der Waals surface area (Å²) in [7, 11) is 0. The van der Waals surface area contributed by atoms with E-state index in [0.29, 0.717) is 6.42 Å². The number of hydrogen-bond acceptors (Lipinski definition) is 6. The fraction of sp³-hybridized carbons (Fsp3) is 0.400. The molecule has 1 aromatic carbocycles.